The zero-order valence-electron chi connectivity index (χ0n) is 17.3. The lowest BCUT2D eigenvalue weighted by atomic mass is 10.1. The summed E-state index contributed by atoms with van der Waals surface area (Å²) in [6.45, 7) is 0. The number of fused-ring (bicyclic) bond motifs is 1. The van der Waals surface area contributed by atoms with Crippen molar-refractivity contribution in [1.29, 1.82) is 0 Å². The number of nitrogens with zero attached hydrogens (tertiary/aromatic N) is 2. The number of aromatic nitrogens is 2. The molecule has 0 bridgehead atoms. The molecule has 1 heterocycles. The van der Waals surface area contributed by atoms with Crippen LogP contribution in [0.25, 0.3) is 10.9 Å². The molecule has 0 aliphatic heterocycles. The van der Waals surface area contributed by atoms with Crippen LogP contribution in [0.2, 0.25) is 0 Å². The first-order valence-electron chi connectivity index (χ1n) is 10.1. The van der Waals surface area contributed by atoms with E-state index in [1.165, 1.54) is 12.4 Å². The Morgan fingerprint density at radius 2 is 1.97 bits per heavy atom. The summed E-state index contributed by atoms with van der Waals surface area (Å²) in [5, 5.41) is 15.3. The third-order valence-corrected chi connectivity index (χ3v) is 4.61. The average molecular weight is 429 g/mol. The van der Waals surface area contributed by atoms with E-state index in [4.69, 9.17) is 11.6 Å². The van der Waals surface area contributed by atoms with Crippen LogP contribution in [-0.4, -0.2) is 27.0 Å². The van der Waals surface area contributed by atoms with Gasteiger partial charge in [0.05, 0.1) is 5.52 Å². The van der Waals surface area contributed by atoms with Crippen LogP contribution in [0.1, 0.15) is 31.2 Å². The summed E-state index contributed by atoms with van der Waals surface area (Å²) >= 11 is 0. The molecule has 1 aromatic heterocycles. The van der Waals surface area contributed by atoms with Gasteiger partial charge in [-0.1, -0.05) is 18.1 Å². The molecule has 0 spiro atoms. The molecular weight excluding hydrogens is 406 g/mol. The lowest BCUT2D eigenvalue weighted by Crippen LogP contribution is -2.17. The van der Waals surface area contributed by atoms with Gasteiger partial charge in [0.15, 0.2) is 0 Å². The predicted octanol–water partition coefficient (Wildman–Crippen LogP) is 3.92. The van der Waals surface area contributed by atoms with Crippen LogP contribution in [0.3, 0.4) is 0 Å². The number of carbonyl (C=O) groups excluding carboxylic acids is 2. The molecule has 2 aromatic carbocycles. The third kappa shape index (κ3) is 6.39. The third-order valence-electron chi connectivity index (χ3n) is 4.61. The van der Waals surface area contributed by atoms with E-state index in [1.54, 1.807) is 17.6 Å². The molecule has 0 fully saturated rings. The number of carbonyl (C=O) groups is 2. The molecule has 0 unspecified atom stereocenters. The zero-order chi connectivity index (χ0) is 22.8. The molecule has 8 heteroatoms. The topological polar surface area (TPSA) is 116 Å². The maximum absolute atomic E-state index is 12.2. The number of allylic oxidation sites excluding steroid dienone is 1. The van der Waals surface area contributed by atoms with Crippen molar-refractivity contribution in [1.82, 2.24) is 15.4 Å². The standard InChI is InChI=1S/C24H23N5O3/c1-2-17-8-7-9-18(14-17)28-24-20-15-19(12-13-21(20)25-16-26-24)27-22(30)10-5-3-4-6-11-23(31)29-32/h1,5,7-10,12-16,32H,3-4,6,11H2,(H,27,30)(H,29,31)(H,25,26,28)/b10-5+. The van der Waals surface area contributed by atoms with Gasteiger partial charge in [-0.15, -0.1) is 6.42 Å². The van der Waals surface area contributed by atoms with E-state index < -0.39 is 5.91 Å². The van der Waals surface area contributed by atoms with Gasteiger partial charge in [0.2, 0.25) is 11.8 Å². The normalized spacial score (nSPS) is 10.6. The minimum Gasteiger partial charge on any atom is -0.340 e. The summed E-state index contributed by atoms with van der Waals surface area (Å²) in [6, 6.07) is 12.8. The number of hydrogen-bond donors (Lipinski definition) is 4. The van der Waals surface area contributed by atoms with Gasteiger partial charge in [0.25, 0.3) is 0 Å². The monoisotopic (exact) mass is 429 g/mol. The molecule has 0 aliphatic carbocycles. The molecule has 0 saturated carbocycles. The maximum atomic E-state index is 12.2. The van der Waals surface area contributed by atoms with Crippen LogP contribution in [-0.2, 0) is 9.59 Å². The van der Waals surface area contributed by atoms with Gasteiger partial charge in [-0.05, 0) is 61.7 Å². The second kappa shape index (κ2) is 11.2. The first-order chi connectivity index (χ1) is 15.6. The van der Waals surface area contributed by atoms with E-state index in [1.807, 2.05) is 36.4 Å². The van der Waals surface area contributed by atoms with E-state index >= 15 is 0 Å². The predicted molar refractivity (Wildman–Crippen MR) is 123 cm³/mol. The lowest BCUT2D eigenvalue weighted by molar-refractivity contribution is -0.129. The van der Waals surface area contributed by atoms with Gasteiger partial charge in [-0.25, -0.2) is 15.4 Å². The van der Waals surface area contributed by atoms with Crippen LogP contribution < -0.4 is 16.1 Å². The number of unbranched alkanes of at least 4 members (excludes halogenated alkanes) is 2. The Labute approximate surface area is 185 Å². The van der Waals surface area contributed by atoms with E-state index in [-0.39, 0.29) is 12.3 Å². The smallest absolute Gasteiger partial charge is 0.248 e. The molecule has 3 rings (SSSR count). The molecule has 0 saturated heterocycles. The molecule has 0 atom stereocenters. The van der Waals surface area contributed by atoms with Crippen molar-refractivity contribution in [2.45, 2.75) is 25.7 Å². The minimum absolute atomic E-state index is 0.249. The van der Waals surface area contributed by atoms with E-state index in [9.17, 15) is 9.59 Å². The molecule has 4 N–H and O–H groups in total. The quantitative estimate of drug-likeness (QED) is 0.135. The SMILES string of the molecule is C#Cc1cccc(Nc2ncnc3ccc(NC(=O)/C=C/CCCCC(=O)NO)cc23)c1. The zero-order valence-corrected chi connectivity index (χ0v) is 17.3. The fourth-order valence-corrected chi connectivity index (χ4v) is 3.04. The second-order valence-electron chi connectivity index (χ2n) is 6.98. The number of hydroxylamine groups is 1. The summed E-state index contributed by atoms with van der Waals surface area (Å²) in [5.41, 5.74) is 4.49. The lowest BCUT2D eigenvalue weighted by Gasteiger charge is -2.10. The van der Waals surface area contributed by atoms with Crippen molar-refractivity contribution >= 4 is 39.9 Å². The van der Waals surface area contributed by atoms with Crippen LogP contribution >= 0.6 is 0 Å². The maximum Gasteiger partial charge on any atom is 0.248 e. The van der Waals surface area contributed by atoms with Crippen LogP contribution in [0.15, 0.2) is 60.9 Å². The molecule has 2 amide bonds. The molecule has 8 nitrogen and oxygen atoms in total. The van der Waals surface area contributed by atoms with Crippen molar-refractivity contribution in [2.75, 3.05) is 10.6 Å². The fraction of sp³-hybridized carbons (Fsp3) is 0.167. The van der Waals surface area contributed by atoms with Crippen molar-refractivity contribution < 1.29 is 14.8 Å². The van der Waals surface area contributed by atoms with Gasteiger partial charge in [-0.3, -0.25) is 14.8 Å². The summed E-state index contributed by atoms with van der Waals surface area (Å²) in [6.07, 6.45) is 12.4. The fourth-order valence-electron chi connectivity index (χ4n) is 3.04. The first-order valence-corrected chi connectivity index (χ1v) is 10.1. The van der Waals surface area contributed by atoms with Gasteiger partial charge in [-0.2, -0.15) is 0 Å². The minimum atomic E-state index is -0.412. The largest absolute Gasteiger partial charge is 0.340 e. The van der Waals surface area contributed by atoms with Crippen molar-refractivity contribution in [3.63, 3.8) is 0 Å². The highest BCUT2D eigenvalue weighted by Crippen LogP contribution is 2.26. The van der Waals surface area contributed by atoms with Crippen molar-refractivity contribution in [3.05, 3.63) is 66.5 Å². The number of nitrogens with one attached hydrogen (secondary N) is 3. The Hall–Kier alpha value is -4.22. The van der Waals surface area contributed by atoms with Crippen molar-refractivity contribution in [3.8, 4) is 12.3 Å². The van der Waals surface area contributed by atoms with Gasteiger partial charge < -0.3 is 10.6 Å². The average Bonchev–Trinajstić information content (AvgIpc) is 2.81. The number of benzene rings is 2. The summed E-state index contributed by atoms with van der Waals surface area (Å²) in [5.74, 6) is 2.53. The number of anilines is 3. The Bertz CT molecular complexity index is 1180. The molecule has 0 aliphatic rings. The molecule has 32 heavy (non-hydrogen) atoms. The van der Waals surface area contributed by atoms with Crippen molar-refractivity contribution in [2.24, 2.45) is 0 Å². The van der Waals surface area contributed by atoms with E-state index in [2.05, 4.69) is 26.5 Å². The molecule has 0 radical (unpaired) electrons. The first kappa shape index (κ1) is 22.5. The Kier molecular flexibility index (Phi) is 7.90. The van der Waals surface area contributed by atoms with Crippen LogP contribution in [0.4, 0.5) is 17.2 Å². The summed E-state index contributed by atoms with van der Waals surface area (Å²) in [7, 11) is 0. The highest BCUT2D eigenvalue weighted by atomic mass is 16.5. The van der Waals surface area contributed by atoms with Crippen LogP contribution in [0, 0.1) is 12.3 Å². The van der Waals surface area contributed by atoms with Gasteiger partial charge in [0.1, 0.15) is 12.1 Å². The summed E-state index contributed by atoms with van der Waals surface area (Å²) < 4.78 is 0. The number of terminal acetylenes is 1. The number of hydrogen-bond acceptors (Lipinski definition) is 6. The number of rotatable bonds is 9. The molecular formula is C24H23N5O3. The molecule has 3 aromatic rings. The Morgan fingerprint density at radius 3 is 2.78 bits per heavy atom. The summed E-state index contributed by atoms with van der Waals surface area (Å²) in [4.78, 5) is 31.8. The van der Waals surface area contributed by atoms with Crippen LogP contribution in [0.5, 0.6) is 0 Å². The Morgan fingerprint density at radius 1 is 1.09 bits per heavy atom. The Balaban J connectivity index is 1.65. The highest BCUT2D eigenvalue weighted by molar-refractivity contribution is 6.01. The van der Waals surface area contributed by atoms with E-state index in [0.717, 1.165) is 28.6 Å². The second-order valence-corrected chi connectivity index (χ2v) is 6.98. The van der Waals surface area contributed by atoms with Gasteiger partial charge in [0, 0.05) is 28.7 Å². The highest BCUT2D eigenvalue weighted by Gasteiger charge is 2.07. The van der Waals surface area contributed by atoms with Gasteiger partial charge >= 0.3 is 0 Å². The van der Waals surface area contributed by atoms with E-state index in [0.29, 0.717) is 24.3 Å². The molecule has 162 valence electrons. The number of amides is 2.